The van der Waals surface area contributed by atoms with E-state index in [1.165, 1.54) is 6.42 Å². The van der Waals surface area contributed by atoms with Gasteiger partial charge in [-0.2, -0.15) is 15.0 Å². The summed E-state index contributed by atoms with van der Waals surface area (Å²) in [7, 11) is 0. The van der Waals surface area contributed by atoms with Crippen LogP contribution in [-0.2, 0) is 0 Å². The zero-order chi connectivity index (χ0) is 12.3. The number of halogens is 1. The predicted octanol–water partition coefficient (Wildman–Crippen LogP) is 2.19. The number of nitrogens with zero attached hydrogens (tertiary/aromatic N) is 4. The molecule has 1 N–H and O–H groups in total. The quantitative estimate of drug-likeness (QED) is 0.894. The van der Waals surface area contributed by atoms with Crippen molar-refractivity contribution in [1.29, 1.82) is 0 Å². The maximum atomic E-state index is 5.91. The van der Waals surface area contributed by atoms with Crippen LogP contribution in [-0.4, -0.2) is 34.6 Å². The number of nitrogens with one attached hydrogen (secondary N) is 1. The van der Waals surface area contributed by atoms with Gasteiger partial charge >= 0.3 is 0 Å². The highest BCUT2D eigenvalue weighted by molar-refractivity contribution is 6.28. The molecule has 0 bridgehead atoms. The topological polar surface area (TPSA) is 53.9 Å². The summed E-state index contributed by atoms with van der Waals surface area (Å²) < 4.78 is 0. The molecule has 2 rings (SSSR count). The summed E-state index contributed by atoms with van der Waals surface area (Å²) in [5.41, 5.74) is 0. The highest BCUT2D eigenvalue weighted by atomic mass is 35.5. The molecule has 0 amide bonds. The normalized spacial score (nSPS) is 19.7. The highest BCUT2D eigenvalue weighted by Crippen LogP contribution is 2.21. The monoisotopic (exact) mass is 255 g/mol. The molecular weight excluding hydrogens is 238 g/mol. The lowest BCUT2D eigenvalue weighted by Crippen LogP contribution is -2.22. The molecule has 5 nitrogen and oxygen atoms in total. The fourth-order valence-corrected chi connectivity index (χ4v) is 2.07. The minimum Gasteiger partial charge on any atom is -0.354 e. The van der Waals surface area contributed by atoms with E-state index in [0.717, 1.165) is 26.1 Å². The first-order valence-electron chi connectivity index (χ1n) is 6.09. The third-order valence-electron chi connectivity index (χ3n) is 2.84. The number of anilines is 2. The lowest BCUT2D eigenvalue weighted by Gasteiger charge is -2.16. The average Bonchev–Trinajstić information content (AvgIpc) is 2.72. The summed E-state index contributed by atoms with van der Waals surface area (Å²) in [4.78, 5) is 14.8. The lowest BCUT2D eigenvalue weighted by atomic mass is 10.2. The van der Waals surface area contributed by atoms with Crippen molar-refractivity contribution < 1.29 is 0 Å². The molecule has 1 aliphatic heterocycles. The molecular formula is C11H18ClN5. The molecule has 0 aromatic carbocycles. The Hall–Kier alpha value is -1.10. The molecule has 0 radical (unpaired) electrons. The van der Waals surface area contributed by atoms with Crippen LogP contribution in [0.4, 0.5) is 11.9 Å². The van der Waals surface area contributed by atoms with E-state index >= 15 is 0 Å². The third kappa shape index (κ3) is 3.19. The van der Waals surface area contributed by atoms with E-state index in [9.17, 15) is 0 Å². The number of hydrogen-bond donors (Lipinski definition) is 1. The summed E-state index contributed by atoms with van der Waals surface area (Å²) in [6.07, 6.45) is 2.21. The van der Waals surface area contributed by atoms with Crippen molar-refractivity contribution in [2.75, 3.05) is 29.9 Å². The van der Waals surface area contributed by atoms with E-state index in [1.807, 2.05) is 0 Å². The summed E-state index contributed by atoms with van der Waals surface area (Å²) in [6, 6.07) is 0. The minimum absolute atomic E-state index is 0.258. The van der Waals surface area contributed by atoms with Crippen LogP contribution in [0.1, 0.15) is 26.7 Å². The molecule has 6 heteroatoms. The Balaban J connectivity index is 2.13. The van der Waals surface area contributed by atoms with Crippen molar-refractivity contribution in [3.63, 3.8) is 0 Å². The van der Waals surface area contributed by atoms with Crippen molar-refractivity contribution in [3.05, 3.63) is 5.28 Å². The predicted molar refractivity (Wildman–Crippen MR) is 69.6 cm³/mol. The molecule has 2 heterocycles. The molecule has 0 spiro atoms. The molecule has 1 atom stereocenters. The Morgan fingerprint density at radius 3 is 2.88 bits per heavy atom. The SMILES string of the molecule is CCCNc1nc(Cl)nc(N2CCC(C)C2)n1. The largest absolute Gasteiger partial charge is 0.354 e. The Labute approximate surface area is 107 Å². The Morgan fingerprint density at radius 2 is 2.24 bits per heavy atom. The second kappa shape index (κ2) is 5.49. The van der Waals surface area contributed by atoms with Crippen LogP contribution >= 0.6 is 11.6 Å². The van der Waals surface area contributed by atoms with Crippen molar-refractivity contribution >= 4 is 23.5 Å². The van der Waals surface area contributed by atoms with Crippen LogP contribution in [0, 0.1) is 5.92 Å². The van der Waals surface area contributed by atoms with Crippen LogP contribution in [0.25, 0.3) is 0 Å². The molecule has 94 valence electrons. The van der Waals surface area contributed by atoms with Gasteiger partial charge in [0.25, 0.3) is 0 Å². The van der Waals surface area contributed by atoms with Gasteiger partial charge in [-0.3, -0.25) is 0 Å². The van der Waals surface area contributed by atoms with Gasteiger partial charge in [-0.15, -0.1) is 0 Å². The molecule has 1 fully saturated rings. The maximum absolute atomic E-state index is 5.91. The van der Waals surface area contributed by atoms with Crippen molar-refractivity contribution in [3.8, 4) is 0 Å². The molecule has 1 aromatic heterocycles. The van der Waals surface area contributed by atoms with E-state index in [1.54, 1.807) is 0 Å². The summed E-state index contributed by atoms with van der Waals surface area (Å²) in [5.74, 6) is 1.95. The lowest BCUT2D eigenvalue weighted by molar-refractivity contribution is 0.658. The maximum Gasteiger partial charge on any atom is 0.231 e. The summed E-state index contributed by atoms with van der Waals surface area (Å²) in [5, 5.41) is 3.39. The number of aromatic nitrogens is 3. The summed E-state index contributed by atoms with van der Waals surface area (Å²) in [6.45, 7) is 7.16. The molecule has 0 saturated carbocycles. The van der Waals surface area contributed by atoms with Crippen molar-refractivity contribution in [2.24, 2.45) is 5.92 Å². The third-order valence-corrected chi connectivity index (χ3v) is 3.01. The van der Waals surface area contributed by atoms with Gasteiger partial charge in [0.2, 0.25) is 17.2 Å². The average molecular weight is 256 g/mol. The van der Waals surface area contributed by atoms with Crippen molar-refractivity contribution in [2.45, 2.75) is 26.7 Å². The second-order valence-corrected chi connectivity index (χ2v) is 4.83. The fourth-order valence-electron chi connectivity index (χ4n) is 1.91. The molecule has 1 aliphatic rings. The van der Waals surface area contributed by atoms with Gasteiger partial charge in [-0.05, 0) is 30.4 Å². The first-order valence-corrected chi connectivity index (χ1v) is 6.47. The van der Waals surface area contributed by atoms with Gasteiger partial charge in [0, 0.05) is 19.6 Å². The van der Waals surface area contributed by atoms with Gasteiger partial charge in [0.05, 0.1) is 0 Å². The zero-order valence-corrected chi connectivity index (χ0v) is 11.0. The molecule has 17 heavy (non-hydrogen) atoms. The molecule has 1 aromatic rings. The van der Waals surface area contributed by atoms with Crippen LogP contribution in [0.5, 0.6) is 0 Å². The van der Waals surface area contributed by atoms with Crippen LogP contribution < -0.4 is 10.2 Å². The Bertz CT molecular complexity index is 384. The number of hydrogen-bond acceptors (Lipinski definition) is 5. The minimum atomic E-state index is 0.258. The van der Waals surface area contributed by atoms with E-state index in [0.29, 0.717) is 17.8 Å². The van der Waals surface area contributed by atoms with E-state index in [2.05, 4.69) is 39.0 Å². The van der Waals surface area contributed by atoms with Gasteiger partial charge in [-0.25, -0.2) is 0 Å². The van der Waals surface area contributed by atoms with Crippen LogP contribution in [0.15, 0.2) is 0 Å². The second-order valence-electron chi connectivity index (χ2n) is 4.49. The molecule has 1 unspecified atom stereocenters. The van der Waals surface area contributed by atoms with Gasteiger partial charge in [0.15, 0.2) is 0 Å². The smallest absolute Gasteiger partial charge is 0.231 e. The zero-order valence-electron chi connectivity index (χ0n) is 10.3. The Kier molecular flexibility index (Phi) is 3.99. The van der Waals surface area contributed by atoms with Crippen LogP contribution in [0.3, 0.4) is 0 Å². The van der Waals surface area contributed by atoms with Gasteiger partial charge < -0.3 is 10.2 Å². The first-order chi connectivity index (χ1) is 8.19. The van der Waals surface area contributed by atoms with E-state index < -0.39 is 0 Å². The number of rotatable bonds is 4. The van der Waals surface area contributed by atoms with E-state index in [4.69, 9.17) is 11.6 Å². The molecule has 1 saturated heterocycles. The Morgan fingerprint density at radius 1 is 1.41 bits per heavy atom. The summed E-state index contributed by atoms with van der Waals surface area (Å²) >= 11 is 5.91. The van der Waals surface area contributed by atoms with Gasteiger partial charge in [-0.1, -0.05) is 13.8 Å². The van der Waals surface area contributed by atoms with Crippen LogP contribution in [0.2, 0.25) is 5.28 Å². The van der Waals surface area contributed by atoms with Crippen molar-refractivity contribution in [1.82, 2.24) is 15.0 Å². The van der Waals surface area contributed by atoms with E-state index in [-0.39, 0.29) is 5.28 Å². The molecule has 0 aliphatic carbocycles. The highest BCUT2D eigenvalue weighted by Gasteiger charge is 2.21. The first kappa shape index (κ1) is 12.4. The fraction of sp³-hybridized carbons (Fsp3) is 0.727. The van der Waals surface area contributed by atoms with Gasteiger partial charge in [0.1, 0.15) is 0 Å². The standard InChI is InChI=1S/C11H18ClN5/c1-3-5-13-10-14-9(12)15-11(16-10)17-6-4-8(2)7-17/h8H,3-7H2,1-2H3,(H,13,14,15,16).